The van der Waals surface area contributed by atoms with Gasteiger partial charge in [-0.2, -0.15) is 0 Å². The maximum Gasteiger partial charge on any atom is 0.187 e. The molecule has 35 heavy (non-hydrogen) atoms. The van der Waals surface area contributed by atoms with Gasteiger partial charge in [0.05, 0.1) is 13.2 Å². The molecular formula is C25H50O6Si4. The van der Waals surface area contributed by atoms with Gasteiger partial charge in [0.15, 0.2) is 39.6 Å². The minimum absolute atomic E-state index is 0.285. The summed E-state index contributed by atoms with van der Waals surface area (Å²) >= 11 is 0. The second-order valence-electron chi connectivity index (χ2n) is 13.3. The van der Waals surface area contributed by atoms with Crippen LogP contribution in [0.2, 0.25) is 78.6 Å². The van der Waals surface area contributed by atoms with Gasteiger partial charge >= 0.3 is 0 Å². The lowest BCUT2D eigenvalue weighted by Crippen LogP contribution is -2.66. The maximum atomic E-state index is 6.87. The third-order valence-corrected chi connectivity index (χ3v) is 8.94. The summed E-state index contributed by atoms with van der Waals surface area (Å²) in [4.78, 5) is 0. The van der Waals surface area contributed by atoms with E-state index in [4.69, 9.17) is 27.2 Å². The van der Waals surface area contributed by atoms with Gasteiger partial charge in [-0.1, -0.05) is 30.3 Å². The summed E-state index contributed by atoms with van der Waals surface area (Å²) in [5.41, 5.74) is 1.11. The standard InChI is InChI=1S/C25H50O6Si4/c1-32(2,3)27-19-21-22(29-33(4,5)6)23(30-34(7,8)9)24(25(28-21)31-35(10,11)12)26-18-20-16-14-13-15-17-20/h13-17,21-25H,18-19H2,1-12H3/t21-,22-,23+,24-,25-/m1/s1. The summed E-state index contributed by atoms with van der Waals surface area (Å²) in [7, 11) is -7.62. The second-order valence-corrected chi connectivity index (χ2v) is 31.2. The Balaban J connectivity index is 2.48. The average molecular weight is 559 g/mol. The molecule has 1 aliphatic rings. The highest BCUT2D eigenvalue weighted by atomic mass is 28.4. The Hall–Kier alpha value is -0.152. The van der Waals surface area contributed by atoms with Crippen LogP contribution in [-0.4, -0.2) is 70.6 Å². The molecule has 2 rings (SSSR count). The lowest BCUT2D eigenvalue weighted by molar-refractivity contribution is -0.285. The van der Waals surface area contributed by atoms with Gasteiger partial charge in [-0.05, 0) is 84.1 Å². The van der Waals surface area contributed by atoms with Gasteiger partial charge in [-0.15, -0.1) is 0 Å². The first-order chi connectivity index (χ1) is 15.8. The first-order valence-corrected chi connectivity index (χ1v) is 26.4. The van der Waals surface area contributed by atoms with Gasteiger partial charge in [0.1, 0.15) is 24.4 Å². The van der Waals surface area contributed by atoms with Gasteiger partial charge in [0, 0.05) is 0 Å². The fourth-order valence-corrected chi connectivity index (χ4v) is 7.56. The largest absolute Gasteiger partial charge is 0.415 e. The Bertz CT molecular complexity index is 767. The zero-order valence-electron chi connectivity index (χ0n) is 24.1. The van der Waals surface area contributed by atoms with Crippen molar-refractivity contribution in [3.05, 3.63) is 35.9 Å². The molecular weight excluding hydrogens is 509 g/mol. The van der Waals surface area contributed by atoms with E-state index in [1.165, 1.54) is 0 Å². The van der Waals surface area contributed by atoms with Crippen LogP contribution in [0, 0.1) is 0 Å². The molecule has 1 aromatic rings. The summed E-state index contributed by atoms with van der Waals surface area (Å²) in [6, 6.07) is 10.2. The zero-order chi connectivity index (χ0) is 26.7. The molecule has 0 N–H and O–H groups in total. The predicted octanol–water partition coefficient (Wildman–Crippen LogP) is 6.44. The molecule has 6 nitrogen and oxygen atoms in total. The van der Waals surface area contributed by atoms with E-state index in [1.54, 1.807) is 0 Å². The SMILES string of the molecule is C[Si](C)(C)OC[C@H]1O[C@H](O[Si](C)(C)C)[C@H](OCc2ccccc2)[C@@H](O[Si](C)(C)C)[C@@H]1O[Si](C)(C)C. The molecule has 0 saturated carbocycles. The van der Waals surface area contributed by atoms with Crippen molar-refractivity contribution in [2.24, 2.45) is 0 Å². The molecule has 0 unspecified atom stereocenters. The molecule has 5 atom stereocenters. The topological polar surface area (TPSA) is 55.4 Å². The van der Waals surface area contributed by atoms with E-state index in [1.807, 2.05) is 18.2 Å². The van der Waals surface area contributed by atoms with E-state index in [-0.39, 0.29) is 18.3 Å². The highest BCUT2D eigenvalue weighted by Crippen LogP contribution is 2.34. The van der Waals surface area contributed by atoms with Gasteiger partial charge < -0.3 is 27.2 Å². The van der Waals surface area contributed by atoms with Crippen molar-refractivity contribution in [1.82, 2.24) is 0 Å². The Morgan fingerprint density at radius 2 is 1.14 bits per heavy atom. The van der Waals surface area contributed by atoms with E-state index in [0.29, 0.717) is 13.2 Å². The molecule has 202 valence electrons. The van der Waals surface area contributed by atoms with E-state index >= 15 is 0 Å². The van der Waals surface area contributed by atoms with Crippen LogP contribution < -0.4 is 0 Å². The van der Waals surface area contributed by atoms with Crippen LogP contribution in [0.4, 0.5) is 0 Å². The molecule has 1 saturated heterocycles. The van der Waals surface area contributed by atoms with Crippen LogP contribution in [0.3, 0.4) is 0 Å². The van der Waals surface area contributed by atoms with Gasteiger partial charge in [-0.3, -0.25) is 0 Å². The molecule has 0 bridgehead atoms. The highest BCUT2D eigenvalue weighted by Gasteiger charge is 2.52. The normalized spacial score (nSPS) is 26.7. The van der Waals surface area contributed by atoms with Crippen molar-refractivity contribution in [3.8, 4) is 0 Å². The zero-order valence-corrected chi connectivity index (χ0v) is 28.1. The van der Waals surface area contributed by atoms with Crippen LogP contribution in [0.1, 0.15) is 5.56 Å². The molecule has 0 aromatic heterocycles. The average Bonchev–Trinajstić information content (AvgIpc) is 2.65. The van der Waals surface area contributed by atoms with Crippen molar-refractivity contribution in [1.29, 1.82) is 0 Å². The van der Waals surface area contributed by atoms with E-state index in [0.717, 1.165) is 5.56 Å². The van der Waals surface area contributed by atoms with E-state index < -0.39 is 45.7 Å². The second kappa shape index (κ2) is 12.1. The molecule has 0 amide bonds. The van der Waals surface area contributed by atoms with E-state index in [9.17, 15) is 0 Å². The Morgan fingerprint density at radius 1 is 0.629 bits per heavy atom. The number of rotatable bonds is 12. The fraction of sp³-hybridized carbons (Fsp3) is 0.760. The monoisotopic (exact) mass is 558 g/mol. The number of hydrogen-bond acceptors (Lipinski definition) is 6. The molecule has 1 aliphatic heterocycles. The Kier molecular flexibility index (Phi) is 10.8. The summed E-state index contributed by atoms with van der Waals surface area (Å²) < 4.78 is 39.9. The van der Waals surface area contributed by atoms with Crippen LogP contribution in [0.25, 0.3) is 0 Å². The quantitative estimate of drug-likeness (QED) is 0.275. The molecule has 0 aliphatic carbocycles. The molecule has 10 heteroatoms. The fourth-order valence-electron chi connectivity index (χ4n) is 3.82. The van der Waals surface area contributed by atoms with Crippen molar-refractivity contribution in [2.45, 2.75) is 116 Å². The predicted molar refractivity (Wildman–Crippen MR) is 154 cm³/mol. The summed E-state index contributed by atoms with van der Waals surface area (Å²) in [6.07, 6.45) is -1.82. The number of benzene rings is 1. The molecule has 1 heterocycles. The van der Waals surface area contributed by atoms with Crippen LogP contribution in [-0.2, 0) is 33.8 Å². The number of hydrogen-bond donors (Lipinski definition) is 0. The minimum atomic E-state index is -1.97. The smallest absolute Gasteiger partial charge is 0.187 e. The minimum Gasteiger partial charge on any atom is -0.415 e. The van der Waals surface area contributed by atoms with Crippen molar-refractivity contribution in [3.63, 3.8) is 0 Å². The van der Waals surface area contributed by atoms with Crippen LogP contribution >= 0.6 is 0 Å². The van der Waals surface area contributed by atoms with Gasteiger partial charge in [0.2, 0.25) is 0 Å². The van der Waals surface area contributed by atoms with Crippen molar-refractivity contribution >= 4 is 33.3 Å². The molecule has 0 radical (unpaired) electrons. The van der Waals surface area contributed by atoms with Crippen molar-refractivity contribution < 1.29 is 27.2 Å². The summed E-state index contributed by atoms with van der Waals surface area (Å²) in [6.45, 7) is 27.3. The Morgan fingerprint density at radius 3 is 1.63 bits per heavy atom. The first-order valence-electron chi connectivity index (χ1n) is 12.8. The lowest BCUT2D eigenvalue weighted by Gasteiger charge is -2.50. The third-order valence-electron chi connectivity index (χ3n) is 5.01. The van der Waals surface area contributed by atoms with Crippen LogP contribution in [0.15, 0.2) is 30.3 Å². The maximum absolute atomic E-state index is 6.87. The third kappa shape index (κ3) is 11.8. The van der Waals surface area contributed by atoms with E-state index in [2.05, 4.69) is 90.7 Å². The Labute approximate surface area is 218 Å². The first kappa shape index (κ1) is 31.1. The molecule has 1 aromatic carbocycles. The lowest BCUT2D eigenvalue weighted by atomic mass is 9.99. The van der Waals surface area contributed by atoms with Crippen molar-refractivity contribution in [2.75, 3.05) is 6.61 Å². The summed E-state index contributed by atoms with van der Waals surface area (Å²) in [5, 5.41) is 0. The van der Waals surface area contributed by atoms with Crippen LogP contribution in [0.5, 0.6) is 0 Å². The van der Waals surface area contributed by atoms with Gasteiger partial charge in [0.25, 0.3) is 0 Å². The highest BCUT2D eigenvalue weighted by molar-refractivity contribution is 6.71. The molecule has 1 fully saturated rings. The van der Waals surface area contributed by atoms with Gasteiger partial charge in [-0.25, -0.2) is 0 Å². The molecule has 0 spiro atoms. The summed E-state index contributed by atoms with van der Waals surface area (Å²) in [5.74, 6) is 0. The number of ether oxygens (including phenoxy) is 2.